The Morgan fingerprint density at radius 2 is 1.83 bits per heavy atom. The predicted molar refractivity (Wildman–Crippen MR) is 87.5 cm³/mol. The van der Waals surface area contributed by atoms with Crippen molar-refractivity contribution in [3.63, 3.8) is 0 Å². The second kappa shape index (κ2) is 7.13. The number of carbonyl (C=O) groups excluding carboxylic acids is 2. The van der Waals surface area contributed by atoms with E-state index in [-0.39, 0.29) is 12.1 Å². The fraction of sp³-hybridized carbons (Fsp3) is 0.438. The van der Waals surface area contributed by atoms with Crippen LogP contribution in [-0.2, 0) is 4.79 Å². The molecule has 1 aromatic carbocycles. The van der Waals surface area contributed by atoms with E-state index in [1.54, 1.807) is 18.2 Å². The molecule has 0 spiro atoms. The Kier molecular flexibility index (Phi) is 5.73. The Bertz CT molecular complexity index is 611. The number of anilines is 1. The Labute approximate surface area is 135 Å². The molecule has 7 nitrogen and oxygen atoms in total. The summed E-state index contributed by atoms with van der Waals surface area (Å²) in [5.74, 6) is -1.54. The molecule has 0 atom stereocenters. The van der Waals surface area contributed by atoms with Gasteiger partial charge in [-0.1, -0.05) is 6.07 Å². The van der Waals surface area contributed by atoms with E-state index in [1.807, 2.05) is 13.8 Å². The van der Waals surface area contributed by atoms with E-state index in [0.29, 0.717) is 11.3 Å². The van der Waals surface area contributed by atoms with Gasteiger partial charge in [0.2, 0.25) is 0 Å². The molecule has 126 valence electrons. The van der Waals surface area contributed by atoms with Crippen LogP contribution >= 0.6 is 0 Å². The molecule has 0 heterocycles. The van der Waals surface area contributed by atoms with Gasteiger partial charge in [0, 0.05) is 24.3 Å². The second-order valence-corrected chi connectivity index (χ2v) is 6.06. The lowest BCUT2D eigenvalue weighted by Gasteiger charge is -2.31. The summed E-state index contributed by atoms with van der Waals surface area (Å²) < 4.78 is 0. The summed E-state index contributed by atoms with van der Waals surface area (Å²) in [6.07, 6.45) is 0. The molecule has 0 aliphatic rings. The number of nitrogens with zero attached hydrogens (tertiary/aromatic N) is 1. The van der Waals surface area contributed by atoms with Crippen LogP contribution in [0.1, 0.15) is 38.1 Å². The van der Waals surface area contributed by atoms with Gasteiger partial charge in [0.1, 0.15) is 5.54 Å². The lowest BCUT2D eigenvalue weighted by molar-refractivity contribution is -0.147. The van der Waals surface area contributed by atoms with Crippen LogP contribution in [0.3, 0.4) is 0 Å². The number of hydrogen-bond donors (Lipinski definition) is 3. The fourth-order valence-corrected chi connectivity index (χ4v) is 1.75. The summed E-state index contributed by atoms with van der Waals surface area (Å²) in [6.45, 7) is 6.57. The first-order valence-electron chi connectivity index (χ1n) is 7.25. The molecule has 3 amide bonds. The molecule has 0 aliphatic heterocycles. The molecular formula is C16H23N3O4. The number of amides is 3. The maximum Gasteiger partial charge on any atom is 0.329 e. The van der Waals surface area contributed by atoms with E-state index in [1.165, 1.54) is 27.0 Å². The van der Waals surface area contributed by atoms with Crippen LogP contribution in [0.4, 0.5) is 10.5 Å². The minimum atomic E-state index is -1.34. The summed E-state index contributed by atoms with van der Waals surface area (Å²) in [7, 11) is 1.43. The van der Waals surface area contributed by atoms with Crippen LogP contribution < -0.4 is 10.6 Å². The molecule has 0 radical (unpaired) electrons. The Morgan fingerprint density at radius 3 is 2.35 bits per heavy atom. The summed E-state index contributed by atoms with van der Waals surface area (Å²) in [6, 6.07) is 5.98. The highest BCUT2D eigenvalue weighted by Gasteiger charge is 2.35. The third kappa shape index (κ3) is 4.70. The highest BCUT2D eigenvalue weighted by molar-refractivity contribution is 5.99. The first-order valence-corrected chi connectivity index (χ1v) is 7.25. The van der Waals surface area contributed by atoms with E-state index in [0.717, 1.165) is 4.90 Å². The molecule has 1 rings (SSSR count). The zero-order valence-electron chi connectivity index (χ0n) is 14.0. The molecule has 3 N–H and O–H groups in total. The molecule has 0 unspecified atom stereocenters. The van der Waals surface area contributed by atoms with Gasteiger partial charge < -0.3 is 20.6 Å². The van der Waals surface area contributed by atoms with Crippen molar-refractivity contribution in [3.05, 3.63) is 29.8 Å². The van der Waals surface area contributed by atoms with Crippen molar-refractivity contribution in [2.24, 2.45) is 0 Å². The summed E-state index contributed by atoms with van der Waals surface area (Å²) in [5, 5.41) is 14.5. The first kappa shape index (κ1) is 18.5. The van der Waals surface area contributed by atoms with Gasteiger partial charge in [-0.2, -0.15) is 0 Å². The number of benzene rings is 1. The van der Waals surface area contributed by atoms with Crippen LogP contribution in [0.2, 0.25) is 0 Å². The smallest absolute Gasteiger partial charge is 0.329 e. The van der Waals surface area contributed by atoms with Crippen molar-refractivity contribution < 1.29 is 19.5 Å². The fourth-order valence-electron chi connectivity index (χ4n) is 1.75. The average Bonchev–Trinajstić information content (AvgIpc) is 2.44. The van der Waals surface area contributed by atoms with Gasteiger partial charge in [-0.15, -0.1) is 0 Å². The predicted octanol–water partition coefficient (Wildman–Crippen LogP) is 2.15. The molecule has 0 saturated carbocycles. The molecule has 0 aliphatic carbocycles. The number of hydrogen-bond acceptors (Lipinski definition) is 3. The average molecular weight is 321 g/mol. The van der Waals surface area contributed by atoms with Crippen LogP contribution in [0, 0.1) is 0 Å². The number of likely N-dealkylation sites (N-methyl/N-ethyl adjacent to an activating group) is 1. The third-order valence-electron chi connectivity index (χ3n) is 3.45. The number of carbonyl (C=O) groups is 3. The largest absolute Gasteiger partial charge is 0.480 e. The lowest BCUT2D eigenvalue weighted by atomic mass is 10.0. The van der Waals surface area contributed by atoms with Crippen molar-refractivity contribution in [2.75, 3.05) is 12.4 Å². The molecule has 1 aromatic rings. The van der Waals surface area contributed by atoms with E-state index >= 15 is 0 Å². The molecule has 23 heavy (non-hydrogen) atoms. The van der Waals surface area contributed by atoms with E-state index in [9.17, 15) is 19.5 Å². The number of rotatable bonds is 5. The number of carboxylic acids is 1. The molecule has 0 saturated heterocycles. The second-order valence-electron chi connectivity index (χ2n) is 6.06. The van der Waals surface area contributed by atoms with Gasteiger partial charge in [0.25, 0.3) is 5.91 Å². The highest BCUT2D eigenvalue weighted by Crippen LogP contribution is 2.18. The van der Waals surface area contributed by atoms with E-state index in [4.69, 9.17) is 0 Å². The van der Waals surface area contributed by atoms with Crippen LogP contribution in [0.15, 0.2) is 24.3 Å². The van der Waals surface area contributed by atoms with Crippen LogP contribution in [0.5, 0.6) is 0 Å². The van der Waals surface area contributed by atoms with Crippen molar-refractivity contribution in [1.29, 1.82) is 0 Å². The minimum absolute atomic E-state index is 0.0117. The maximum absolute atomic E-state index is 12.4. The Morgan fingerprint density at radius 1 is 1.22 bits per heavy atom. The standard InChI is InChI=1S/C16H23N3O4/c1-10(2)17-15(23)18-12-8-6-7-11(9-12)13(20)19(5)16(3,4)14(21)22/h6-10H,1-5H3,(H,21,22)(H2,17,18,23). The van der Waals surface area contributed by atoms with Crippen molar-refractivity contribution in [3.8, 4) is 0 Å². The van der Waals surface area contributed by atoms with Gasteiger partial charge in [0.05, 0.1) is 0 Å². The lowest BCUT2D eigenvalue weighted by Crippen LogP contribution is -2.50. The van der Waals surface area contributed by atoms with Gasteiger partial charge >= 0.3 is 12.0 Å². The molecule has 0 bridgehead atoms. The normalized spacial score (nSPS) is 11.0. The highest BCUT2D eigenvalue weighted by atomic mass is 16.4. The van der Waals surface area contributed by atoms with Gasteiger partial charge in [0.15, 0.2) is 0 Å². The first-order chi connectivity index (χ1) is 10.6. The van der Waals surface area contributed by atoms with Crippen LogP contribution in [-0.4, -0.2) is 46.5 Å². The summed E-state index contributed by atoms with van der Waals surface area (Å²) in [4.78, 5) is 36.5. The minimum Gasteiger partial charge on any atom is -0.480 e. The zero-order valence-corrected chi connectivity index (χ0v) is 14.0. The Balaban J connectivity index is 2.94. The monoisotopic (exact) mass is 321 g/mol. The van der Waals surface area contributed by atoms with Crippen molar-refractivity contribution >= 4 is 23.6 Å². The number of nitrogens with one attached hydrogen (secondary N) is 2. The number of urea groups is 1. The maximum atomic E-state index is 12.4. The van der Waals surface area contributed by atoms with Gasteiger partial charge in [-0.3, -0.25) is 4.79 Å². The summed E-state index contributed by atoms with van der Waals surface area (Å²) >= 11 is 0. The summed E-state index contributed by atoms with van der Waals surface area (Å²) in [5.41, 5.74) is -0.588. The molecule has 0 aromatic heterocycles. The van der Waals surface area contributed by atoms with Crippen LogP contribution in [0.25, 0.3) is 0 Å². The molecule has 0 fully saturated rings. The third-order valence-corrected chi connectivity index (χ3v) is 3.45. The topological polar surface area (TPSA) is 98.7 Å². The van der Waals surface area contributed by atoms with Gasteiger partial charge in [-0.25, -0.2) is 9.59 Å². The quantitative estimate of drug-likeness (QED) is 0.774. The van der Waals surface area contributed by atoms with Crippen molar-refractivity contribution in [2.45, 2.75) is 39.3 Å². The van der Waals surface area contributed by atoms with Crippen molar-refractivity contribution in [1.82, 2.24) is 10.2 Å². The SMILES string of the molecule is CC(C)NC(=O)Nc1cccc(C(=O)N(C)C(C)(C)C(=O)O)c1. The van der Waals surface area contributed by atoms with Gasteiger partial charge in [-0.05, 0) is 45.9 Å². The Hall–Kier alpha value is -2.57. The number of aliphatic carboxylic acids is 1. The molecule has 7 heteroatoms. The molecular weight excluding hydrogens is 298 g/mol. The number of carboxylic acid groups (broad SMARTS) is 1. The van der Waals surface area contributed by atoms with E-state index < -0.39 is 17.4 Å². The van der Waals surface area contributed by atoms with E-state index in [2.05, 4.69) is 10.6 Å². The zero-order chi connectivity index (χ0) is 17.8.